The molecule has 1 heterocycles. The van der Waals surface area contributed by atoms with Crippen LogP contribution in [0.5, 0.6) is 5.75 Å². The van der Waals surface area contributed by atoms with Gasteiger partial charge in [-0.2, -0.15) is 0 Å². The molecule has 0 spiro atoms. The van der Waals surface area contributed by atoms with Gasteiger partial charge in [0.25, 0.3) is 0 Å². The molecular formula is C17H19NO4S. The Kier molecular flexibility index (Phi) is 5.05. The maximum atomic E-state index is 12.6. The minimum Gasteiger partial charge on any atom is -0.482 e. The average molecular weight is 333 g/mol. The van der Waals surface area contributed by atoms with Crippen molar-refractivity contribution in [1.29, 1.82) is 0 Å². The first-order valence-electron chi connectivity index (χ1n) is 7.11. The van der Waals surface area contributed by atoms with E-state index >= 15 is 0 Å². The van der Waals surface area contributed by atoms with Gasteiger partial charge in [-0.25, -0.2) is 4.79 Å². The number of benzene rings is 1. The zero-order chi connectivity index (χ0) is 17.0. The van der Waals surface area contributed by atoms with Crippen LogP contribution in [-0.4, -0.2) is 23.6 Å². The Labute approximate surface area is 138 Å². The summed E-state index contributed by atoms with van der Waals surface area (Å²) < 4.78 is 5.12. The fourth-order valence-corrected chi connectivity index (χ4v) is 2.88. The van der Waals surface area contributed by atoms with E-state index in [0.717, 1.165) is 10.4 Å². The van der Waals surface area contributed by atoms with E-state index in [1.165, 1.54) is 0 Å². The fourth-order valence-electron chi connectivity index (χ4n) is 2.04. The fraction of sp³-hybridized carbons (Fsp3) is 0.294. The molecule has 0 unspecified atom stereocenters. The third kappa shape index (κ3) is 4.10. The summed E-state index contributed by atoms with van der Waals surface area (Å²) in [6.07, 6.45) is 0. The quantitative estimate of drug-likeness (QED) is 0.849. The Morgan fingerprint density at radius 3 is 2.61 bits per heavy atom. The molecule has 0 saturated carbocycles. The number of nitrogens with one attached hydrogen (secondary N) is 1. The maximum absolute atomic E-state index is 12.6. The van der Waals surface area contributed by atoms with Crippen LogP contribution in [0.1, 0.15) is 24.3 Å². The van der Waals surface area contributed by atoms with Gasteiger partial charge in [0.15, 0.2) is 6.61 Å². The standard InChI is InChI=1S/C17H19NO4S/c1-11-9-12(22-10-15(19)20)6-7-13(11)18-16(21)17(2,3)14-5-4-8-23-14/h4-9H,10H2,1-3H3,(H,18,21)(H,19,20). The Morgan fingerprint density at radius 1 is 1.30 bits per heavy atom. The molecule has 2 aromatic rings. The Hall–Kier alpha value is -2.34. The highest BCUT2D eigenvalue weighted by atomic mass is 32.1. The number of carbonyl (C=O) groups is 2. The zero-order valence-corrected chi connectivity index (χ0v) is 14.1. The van der Waals surface area contributed by atoms with Crippen molar-refractivity contribution in [1.82, 2.24) is 0 Å². The summed E-state index contributed by atoms with van der Waals surface area (Å²) in [4.78, 5) is 24.1. The highest BCUT2D eigenvalue weighted by Gasteiger charge is 2.31. The summed E-state index contributed by atoms with van der Waals surface area (Å²) in [7, 11) is 0. The average Bonchev–Trinajstić information content (AvgIpc) is 3.02. The maximum Gasteiger partial charge on any atom is 0.341 e. The molecule has 1 aromatic heterocycles. The molecule has 0 aliphatic heterocycles. The first-order chi connectivity index (χ1) is 10.8. The van der Waals surface area contributed by atoms with Gasteiger partial charge in [0.1, 0.15) is 5.75 Å². The predicted octanol–water partition coefficient (Wildman–Crippen LogP) is 3.44. The molecule has 1 aromatic carbocycles. The molecule has 0 bridgehead atoms. The molecule has 0 radical (unpaired) electrons. The van der Waals surface area contributed by atoms with E-state index in [-0.39, 0.29) is 5.91 Å². The number of rotatable bonds is 6. The van der Waals surface area contributed by atoms with Crippen LogP contribution in [-0.2, 0) is 15.0 Å². The van der Waals surface area contributed by atoms with Crippen molar-refractivity contribution in [2.75, 3.05) is 11.9 Å². The molecule has 122 valence electrons. The summed E-state index contributed by atoms with van der Waals surface area (Å²) in [5.74, 6) is -0.666. The SMILES string of the molecule is Cc1cc(OCC(=O)O)ccc1NC(=O)C(C)(C)c1cccs1. The van der Waals surface area contributed by atoms with E-state index in [4.69, 9.17) is 9.84 Å². The van der Waals surface area contributed by atoms with E-state index in [1.54, 1.807) is 29.5 Å². The number of aliphatic carboxylic acids is 1. The van der Waals surface area contributed by atoms with Gasteiger partial charge < -0.3 is 15.2 Å². The summed E-state index contributed by atoms with van der Waals surface area (Å²) in [5, 5.41) is 13.5. The lowest BCUT2D eigenvalue weighted by Crippen LogP contribution is -2.34. The van der Waals surface area contributed by atoms with Crippen molar-refractivity contribution < 1.29 is 19.4 Å². The lowest BCUT2D eigenvalue weighted by atomic mass is 9.90. The van der Waals surface area contributed by atoms with E-state index in [0.29, 0.717) is 11.4 Å². The normalized spacial score (nSPS) is 11.1. The minimum atomic E-state index is -1.03. The molecule has 23 heavy (non-hydrogen) atoms. The summed E-state index contributed by atoms with van der Waals surface area (Å²) in [6.45, 7) is 5.21. The first kappa shape index (κ1) is 17.0. The molecule has 0 aliphatic rings. The van der Waals surface area contributed by atoms with E-state index in [9.17, 15) is 9.59 Å². The highest BCUT2D eigenvalue weighted by molar-refractivity contribution is 7.10. The number of amides is 1. The van der Waals surface area contributed by atoms with Crippen molar-refractivity contribution in [2.45, 2.75) is 26.2 Å². The van der Waals surface area contributed by atoms with Gasteiger partial charge in [-0.05, 0) is 56.0 Å². The third-order valence-corrected chi connectivity index (χ3v) is 4.71. The molecule has 0 aliphatic carbocycles. The predicted molar refractivity (Wildman–Crippen MR) is 90.3 cm³/mol. The van der Waals surface area contributed by atoms with Crippen molar-refractivity contribution in [3.05, 3.63) is 46.2 Å². The summed E-state index contributed by atoms with van der Waals surface area (Å²) in [5.41, 5.74) is 0.865. The molecule has 2 N–H and O–H groups in total. The molecule has 0 fully saturated rings. The van der Waals surface area contributed by atoms with Gasteiger partial charge in [0.05, 0.1) is 5.41 Å². The number of ether oxygens (including phenoxy) is 1. The molecule has 0 saturated heterocycles. The molecule has 2 rings (SSSR count). The number of thiophene rings is 1. The molecule has 5 nitrogen and oxygen atoms in total. The number of carbonyl (C=O) groups excluding carboxylic acids is 1. The zero-order valence-electron chi connectivity index (χ0n) is 13.3. The molecule has 0 atom stereocenters. The lowest BCUT2D eigenvalue weighted by molar-refractivity contribution is -0.139. The van der Waals surface area contributed by atoms with Crippen LogP contribution in [0.2, 0.25) is 0 Å². The Bertz CT molecular complexity index is 707. The van der Waals surface area contributed by atoms with E-state index < -0.39 is 18.0 Å². The summed E-state index contributed by atoms with van der Waals surface area (Å²) >= 11 is 1.55. The van der Waals surface area contributed by atoms with Crippen LogP contribution in [0.15, 0.2) is 35.7 Å². The molecule has 6 heteroatoms. The number of carboxylic acids is 1. The van der Waals surface area contributed by atoms with Crippen LogP contribution in [0.4, 0.5) is 5.69 Å². The second kappa shape index (κ2) is 6.83. The van der Waals surface area contributed by atoms with Crippen LogP contribution < -0.4 is 10.1 Å². The van der Waals surface area contributed by atoms with E-state index in [2.05, 4.69) is 5.32 Å². The van der Waals surface area contributed by atoms with Crippen LogP contribution in [0.3, 0.4) is 0 Å². The van der Waals surface area contributed by atoms with Crippen LogP contribution in [0, 0.1) is 6.92 Å². The monoisotopic (exact) mass is 333 g/mol. The Morgan fingerprint density at radius 2 is 2.04 bits per heavy atom. The van der Waals surface area contributed by atoms with Gasteiger partial charge in [-0.15, -0.1) is 11.3 Å². The molecule has 1 amide bonds. The number of aryl methyl sites for hydroxylation is 1. The number of anilines is 1. The second-order valence-corrected chi connectivity index (χ2v) is 6.66. The van der Waals surface area contributed by atoms with Gasteiger partial charge >= 0.3 is 5.97 Å². The van der Waals surface area contributed by atoms with Gasteiger partial charge in [0, 0.05) is 10.6 Å². The number of hydrogen-bond donors (Lipinski definition) is 2. The van der Waals surface area contributed by atoms with Crippen LogP contribution in [0.25, 0.3) is 0 Å². The molecular weight excluding hydrogens is 314 g/mol. The Balaban J connectivity index is 2.11. The smallest absolute Gasteiger partial charge is 0.341 e. The topological polar surface area (TPSA) is 75.6 Å². The minimum absolute atomic E-state index is 0.0951. The lowest BCUT2D eigenvalue weighted by Gasteiger charge is -2.23. The van der Waals surface area contributed by atoms with Gasteiger partial charge in [-0.1, -0.05) is 6.07 Å². The van der Waals surface area contributed by atoms with Crippen molar-refractivity contribution in [3.63, 3.8) is 0 Å². The van der Waals surface area contributed by atoms with Crippen molar-refractivity contribution >= 4 is 28.9 Å². The van der Waals surface area contributed by atoms with Crippen LogP contribution >= 0.6 is 11.3 Å². The largest absolute Gasteiger partial charge is 0.482 e. The third-order valence-electron chi connectivity index (χ3n) is 3.51. The first-order valence-corrected chi connectivity index (χ1v) is 7.99. The van der Waals surface area contributed by atoms with Crippen molar-refractivity contribution in [3.8, 4) is 5.75 Å². The second-order valence-electron chi connectivity index (χ2n) is 5.72. The van der Waals surface area contributed by atoms with Gasteiger partial charge in [-0.3, -0.25) is 4.79 Å². The summed E-state index contributed by atoms with van der Waals surface area (Å²) in [6, 6.07) is 8.93. The van der Waals surface area contributed by atoms with E-state index in [1.807, 2.05) is 38.3 Å². The number of carboxylic acid groups (broad SMARTS) is 1. The van der Waals surface area contributed by atoms with Crippen molar-refractivity contribution in [2.24, 2.45) is 0 Å². The number of hydrogen-bond acceptors (Lipinski definition) is 4. The van der Waals surface area contributed by atoms with Gasteiger partial charge in [0.2, 0.25) is 5.91 Å². The highest BCUT2D eigenvalue weighted by Crippen LogP contribution is 2.30.